The van der Waals surface area contributed by atoms with E-state index in [0.29, 0.717) is 5.39 Å². The molecule has 3 aromatic rings. The zero-order chi connectivity index (χ0) is 20.6. The lowest BCUT2D eigenvalue weighted by molar-refractivity contribution is -0.137. The van der Waals surface area contributed by atoms with Gasteiger partial charge in [0.25, 0.3) is 0 Å². The summed E-state index contributed by atoms with van der Waals surface area (Å²) in [5.74, 6) is 0.0362. The van der Waals surface area contributed by atoms with Crippen LogP contribution < -0.4 is 0 Å². The van der Waals surface area contributed by atoms with Crippen molar-refractivity contribution in [3.05, 3.63) is 60.8 Å². The van der Waals surface area contributed by atoms with Crippen LogP contribution in [0.15, 0.2) is 70.6 Å². The van der Waals surface area contributed by atoms with Crippen LogP contribution in [-0.4, -0.2) is 35.9 Å². The minimum Gasteiger partial charge on any atom is -0.337 e. The van der Waals surface area contributed by atoms with E-state index in [2.05, 4.69) is 13.8 Å². The molecule has 1 fully saturated rings. The molecule has 2 unspecified atom stereocenters. The first-order chi connectivity index (χ1) is 13.9. The van der Waals surface area contributed by atoms with Gasteiger partial charge in [0.15, 0.2) is 0 Å². The van der Waals surface area contributed by atoms with E-state index in [0.717, 1.165) is 24.8 Å². The number of benzene rings is 2. The largest absolute Gasteiger partial charge is 0.337 e. The molecule has 29 heavy (non-hydrogen) atoms. The van der Waals surface area contributed by atoms with Gasteiger partial charge in [0, 0.05) is 29.2 Å². The van der Waals surface area contributed by atoms with Gasteiger partial charge in [-0.25, -0.2) is 8.42 Å². The van der Waals surface area contributed by atoms with E-state index in [-0.39, 0.29) is 34.3 Å². The molecular weight excluding hydrogens is 384 g/mol. The fraction of sp³-hybridized carbons (Fsp3) is 0.348. The van der Waals surface area contributed by atoms with Crippen molar-refractivity contribution in [1.29, 1.82) is 0 Å². The molecule has 4 rings (SSSR count). The molecule has 1 aliphatic rings. The zero-order valence-electron chi connectivity index (χ0n) is 16.8. The minimum atomic E-state index is -3.67. The van der Waals surface area contributed by atoms with Crippen molar-refractivity contribution in [2.24, 2.45) is 0 Å². The second-order valence-electron chi connectivity index (χ2n) is 7.88. The second kappa shape index (κ2) is 7.67. The summed E-state index contributed by atoms with van der Waals surface area (Å²) < 4.78 is 28.3. The number of hydrogen-bond donors (Lipinski definition) is 0. The van der Waals surface area contributed by atoms with Crippen LogP contribution in [0.25, 0.3) is 10.9 Å². The molecule has 5 nitrogen and oxygen atoms in total. The van der Waals surface area contributed by atoms with Crippen molar-refractivity contribution >= 4 is 26.6 Å². The number of fused-ring (bicyclic) bond motifs is 1. The first kappa shape index (κ1) is 19.7. The Hall–Kier alpha value is -2.60. The highest BCUT2D eigenvalue weighted by molar-refractivity contribution is 7.91. The molecule has 0 saturated carbocycles. The van der Waals surface area contributed by atoms with Gasteiger partial charge in [-0.1, -0.05) is 36.4 Å². The van der Waals surface area contributed by atoms with Gasteiger partial charge in [-0.2, -0.15) is 0 Å². The van der Waals surface area contributed by atoms with Gasteiger partial charge in [0.05, 0.1) is 9.79 Å². The molecule has 0 N–H and O–H groups in total. The number of para-hydroxylation sites is 1. The maximum atomic E-state index is 13.2. The number of likely N-dealkylation sites (tertiary alicyclic amines) is 1. The lowest BCUT2D eigenvalue weighted by atomic mass is 9.97. The highest BCUT2D eigenvalue weighted by Gasteiger charge is 2.30. The number of hydrogen-bond acceptors (Lipinski definition) is 3. The van der Waals surface area contributed by atoms with E-state index in [1.165, 1.54) is 0 Å². The lowest BCUT2D eigenvalue weighted by Gasteiger charge is -2.39. The number of piperidine rings is 1. The fourth-order valence-electron chi connectivity index (χ4n) is 4.42. The van der Waals surface area contributed by atoms with Crippen LogP contribution in [-0.2, 0) is 21.2 Å². The molecule has 1 amide bonds. The Kier molecular flexibility index (Phi) is 5.21. The van der Waals surface area contributed by atoms with Crippen LogP contribution in [0.5, 0.6) is 0 Å². The molecule has 1 aromatic heterocycles. The summed E-state index contributed by atoms with van der Waals surface area (Å²) in [5.41, 5.74) is 0.757. The summed E-state index contributed by atoms with van der Waals surface area (Å²) in [6, 6.07) is 16.2. The van der Waals surface area contributed by atoms with E-state index < -0.39 is 9.84 Å². The summed E-state index contributed by atoms with van der Waals surface area (Å²) in [7, 11) is -3.67. The van der Waals surface area contributed by atoms with Crippen LogP contribution in [0.3, 0.4) is 0 Å². The highest BCUT2D eigenvalue weighted by atomic mass is 32.2. The topological polar surface area (TPSA) is 59.4 Å². The van der Waals surface area contributed by atoms with Crippen LogP contribution in [0.2, 0.25) is 0 Å². The van der Waals surface area contributed by atoms with Gasteiger partial charge in [0.2, 0.25) is 15.7 Å². The van der Waals surface area contributed by atoms with Gasteiger partial charge in [-0.05, 0) is 51.3 Å². The van der Waals surface area contributed by atoms with Crippen molar-refractivity contribution in [2.45, 2.75) is 61.5 Å². The monoisotopic (exact) mass is 410 g/mol. The Morgan fingerprint density at radius 2 is 1.59 bits per heavy atom. The Labute approximate surface area is 171 Å². The van der Waals surface area contributed by atoms with E-state index in [4.69, 9.17) is 0 Å². The van der Waals surface area contributed by atoms with Gasteiger partial charge >= 0.3 is 0 Å². The molecule has 2 aromatic carbocycles. The summed E-state index contributed by atoms with van der Waals surface area (Å²) in [6.45, 7) is 4.32. The number of sulfone groups is 1. The van der Waals surface area contributed by atoms with Crippen molar-refractivity contribution in [3.8, 4) is 0 Å². The van der Waals surface area contributed by atoms with E-state index >= 15 is 0 Å². The minimum absolute atomic E-state index is 0.0362. The molecule has 0 spiro atoms. The number of amides is 1. The Morgan fingerprint density at radius 3 is 2.28 bits per heavy atom. The first-order valence-electron chi connectivity index (χ1n) is 10.1. The SMILES string of the molecule is CC1CCCC(C)N1C(=O)Cn1cc(S(=O)(=O)c2ccccc2)c2ccccc21. The second-order valence-corrected chi connectivity index (χ2v) is 9.80. The summed E-state index contributed by atoms with van der Waals surface area (Å²) in [4.78, 5) is 15.6. The Balaban J connectivity index is 1.75. The number of aromatic nitrogens is 1. The predicted octanol–water partition coefficient (Wildman–Crippen LogP) is 4.26. The van der Waals surface area contributed by atoms with E-state index in [1.807, 2.05) is 23.1 Å². The molecule has 0 radical (unpaired) electrons. The smallest absolute Gasteiger partial charge is 0.242 e. The van der Waals surface area contributed by atoms with Crippen molar-refractivity contribution < 1.29 is 13.2 Å². The van der Waals surface area contributed by atoms with Crippen molar-refractivity contribution in [1.82, 2.24) is 9.47 Å². The number of carbonyl (C=O) groups is 1. The van der Waals surface area contributed by atoms with Crippen LogP contribution in [0, 0.1) is 0 Å². The molecule has 0 bridgehead atoms. The molecule has 1 aliphatic heterocycles. The van der Waals surface area contributed by atoms with Crippen LogP contribution >= 0.6 is 0 Å². The standard InChI is InChI=1S/C23H26N2O3S/c1-17-9-8-10-18(2)25(17)23(26)16-24-15-22(20-13-6-7-14-21(20)24)29(27,28)19-11-4-3-5-12-19/h3-7,11-15,17-18H,8-10,16H2,1-2H3. The number of carbonyl (C=O) groups excluding carboxylic acids is 1. The van der Waals surface area contributed by atoms with Gasteiger partial charge in [-0.3, -0.25) is 4.79 Å². The van der Waals surface area contributed by atoms with Crippen LogP contribution in [0.4, 0.5) is 0 Å². The Morgan fingerprint density at radius 1 is 0.966 bits per heavy atom. The third kappa shape index (κ3) is 3.57. The van der Waals surface area contributed by atoms with E-state index in [1.54, 1.807) is 47.2 Å². The Bertz CT molecular complexity index is 1130. The summed E-state index contributed by atoms with van der Waals surface area (Å²) >= 11 is 0. The maximum Gasteiger partial charge on any atom is 0.242 e. The molecule has 6 heteroatoms. The number of rotatable bonds is 4. The fourth-order valence-corrected chi connectivity index (χ4v) is 5.92. The van der Waals surface area contributed by atoms with Crippen molar-refractivity contribution in [3.63, 3.8) is 0 Å². The summed E-state index contributed by atoms with van der Waals surface area (Å²) in [6.07, 6.45) is 4.77. The molecule has 152 valence electrons. The third-order valence-corrected chi connectivity index (χ3v) is 7.68. The first-order valence-corrected chi connectivity index (χ1v) is 11.6. The summed E-state index contributed by atoms with van der Waals surface area (Å²) in [5, 5.41) is 0.642. The number of nitrogens with zero attached hydrogens (tertiary/aromatic N) is 2. The van der Waals surface area contributed by atoms with Gasteiger partial charge in [-0.15, -0.1) is 0 Å². The normalized spacial score (nSPS) is 20.1. The van der Waals surface area contributed by atoms with E-state index in [9.17, 15) is 13.2 Å². The predicted molar refractivity (Wildman–Crippen MR) is 113 cm³/mol. The molecule has 1 saturated heterocycles. The molecule has 2 atom stereocenters. The van der Waals surface area contributed by atoms with Gasteiger partial charge in [0.1, 0.15) is 6.54 Å². The lowest BCUT2D eigenvalue weighted by Crippen LogP contribution is -2.48. The highest BCUT2D eigenvalue weighted by Crippen LogP contribution is 2.31. The van der Waals surface area contributed by atoms with Gasteiger partial charge < -0.3 is 9.47 Å². The molecule has 0 aliphatic carbocycles. The zero-order valence-corrected chi connectivity index (χ0v) is 17.6. The van der Waals surface area contributed by atoms with Crippen LogP contribution in [0.1, 0.15) is 33.1 Å². The quantitative estimate of drug-likeness (QED) is 0.646. The molecular formula is C23H26N2O3S. The maximum absolute atomic E-state index is 13.2. The average Bonchev–Trinajstić information content (AvgIpc) is 3.08. The third-order valence-electron chi connectivity index (χ3n) is 5.88. The molecule has 2 heterocycles. The van der Waals surface area contributed by atoms with Crippen molar-refractivity contribution in [2.75, 3.05) is 0 Å². The average molecular weight is 411 g/mol.